The third-order valence-corrected chi connectivity index (χ3v) is 3.44. The van der Waals surface area contributed by atoms with Crippen molar-refractivity contribution in [2.45, 2.75) is 25.9 Å². The van der Waals surface area contributed by atoms with Crippen LogP contribution < -0.4 is 9.47 Å². The molecule has 0 radical (unpaired) electrons. The average Bonchev–Trinajstić information content (AvgIpc) is 2.57. The van der Waals surface area contributed by atoms with E-state index in [4.69, 9.17) is 9.47 Å². The van der Waals surface area contributed by atoms with Gasteiger partial charge in [-0.05, 0) is 37.1 Å². The van der Waals surface area contributed by atoms with Crippen LogP contribution in [0.3, 0.4) is 0 Å². The molecule has 9 heteroatoms. The Morgan fingerprint density at radius 1 is 1.15 bits per heavy atom. The van der Waals surface area contributed by atoms with Gasteiger partial charge in [0.2, 0.25) is 5.91 Å². The van der Waals surface area contributed by atoms with E-state index in [0.717, 1.165) is 0 Å². The number of benzene rings is 1. The van der Waals surface area contributed by atoms with Gasteiger partial charge in [0.15, 0.2) is 0 Å². The highest BCUT2D eigenvalue weighted by Gasteiger charge is 2.34. The van der Waals surface area contributed by atoms with Gasteiger partial charge in [-0.1, -0.05) is 0 Å². The van der Waals surface area contributed by atoms with E-state index in [2.05, 4.69) is 4.74 Å². The molecule has 146 valence electrons. The van der Waals surface area contributed by atoms with Gasteiger partial charge in [-0.3, -0.25) is 9.59 Å². The highest BCUT2D eigenvalue weighted by atomic mass is 19.4. The Morgan fingerprint density at radius 2 is 1.85 bits per heavy atom. The largest absolute Gasteiger partial charge is 0.497 e. The summed E-state index contributed by atoms with van der Waals surface area (Å²) in [6.07, 6.45) is -4.70. The van der Waals surface area contributed by atoms with Gasteiger partial charge < -0.3 is 19.1 Å². The fourth-order valence-electron chi connectivity index (χ4n) is 2.29. The zero-order chi connectivity index (χ0) is 19.7. The van der Waals surface area contributed by atoms with Crippen LogP contribution in [0.4, 0.5) is 13.2 Å². The summed E-state index contributed by atoms with van der Waals surface area (Å²) in [6, 6.07) is 4.96. The quantitative estimate of drug-likeness (QED) is 0.619. The maximum Gasteiger partial charge on any atom is 0.406 e. The molecule has 0 heterocycles. The molecule has 0 saturated heterocycles. The van der Waals surface area contributed by atoms with E-state index in [1.807, 2.05) is 0 Å². The van der Waals surface area contributed by atoms with Gasteiger partial charge in [-0.15, -0.1) is 0 Å². The predicted molar refractivity (Wildman–Crippen MR) is 87.1 cm³/mol. The number of aryl methyl sites for hydroxylation is 1. The number of hydrogen-bond donors (Lipinski definition) is 0. The molecule has 0 saturated carbocycles. The zero-order valence-corrected chi connectivity index (χ0v) is 14.9. The van der Waals surface area contributed by atoms with E-state index in [-0.39, 0.29) is 19.4 Å². The molecule has 1 aromatic carbocycles. The van der Waals surface area contributed by atoms with Crippen LogP contribution >= 0.6 is 0 Å². The monoisotopic (exact) mass is 377 g/mol. The molecule has 0 aliphatic rings. The lowest BCUT2D eigenvalue weighted by molar-refractivity contribution is -0.167. The third kappa shape index (κ3) is 7.20. The first kappa shape index (κ1) is 21.6. The Balaban J connectivity index is 2.84. The molecule has 0 unspecified atom stereocenters. The number of esters is 1. The Kier molecular flexibility index (Phi) is 8.21. The zero-order valence-electron chi connectivity index (χ0n) is 14.9. The number of nitrogens with zero attached hydrogens (tertiary/aromatic N) is 1. The number of methoxy groups -OCH3 is 2. The van der Waals surface area contributed by atoms with E-state index in [1.54, 1.807) is 18.2 Å². The molecule has 0 aliphatic heterocycles. The predicted octanol–water partition coefficient (Wildman–Crippen LogP) is 2.59. The first-order valence-electron chi connectivity index (χ1n) is 7.91. The molecule has 0 bridgehead atoms. The van der Waals surface area contributed by atoms with Crippen molar-refractivity contribution in [3.63, 3.8) is 0 Å². The molecule has 0 N–H and O–H groups in total. The summed E-state index contributed by atoms with van der Waals surface area (Å²) in [4.78, 5) is 24.2. The van der Waals surface area contributed by atoms with Crippen molar-refractivity contribution >= 4 is 11.9 Å². The summed E-state index contributed by atoms with van der Waals surface area (Å²) in [6.45, 7) is -0.710. The maximum absolute atomic E-state index is 12.7. The van der Waals surface area contributed by atoms with Crippen LogP contribution in [0.5, 0.6) is 11.5 Å². The summed E-state index contributed by atoms with van der Waals surface area (Å²) in [7, 11) is 2.92. The van der Waals surface area contributed by atoms with Gasteiger partial charge in [-0.2, -0.15) is 13.2 Å². The molecule has 0 fully saturated rings. The molecule has 1 amide bonds. The molecule has 1 rings (SSSR count). The molecule has 6 nitrogen and oxygen atoms in total. The Bertz CT molecular complexity index is 619. The number of rotatable bonds is 9. The van der Waals surface area contributed by atoms with E-state index in [9.17, 15) is 22.8 Å². The summed E-state index contributed by atoms with van der Waals surface area (Å²) in [5, 5.41) is 0. The average molecular weight is 377 g/mol. The highest BCUT2D eigenvalue weighted by Crippen LogP contribution is 2.25. The first-order valence-corrected chi connectivity index (χ1v) is 7.91. The molecular formula is C17H22F3NO5. The summed E-state index contributed by atoms with van der Waals surface area (Å²) >= 11 is 0. The van der Waals surface area contributed by atoms with Gasteiger partial charge in [0.25, 0.3) is 0 Å². The van der Waals surface area contributed by atoms with Gasteiger partial charge in [0, 0.05) is 6.42 Å². The van der Waals surface area contributed by atoms with Crippen molar-refractivity contribution in [2.24, 2.45) is 0 Å². The van der Waals surface area contributed by atoms with Gasteiger partial charge in [0.05, 0.1) is 20.8 Å². The van der Waals surface area contributed by atoms with Crippen molar-refractivity contribution < 1.29 is 37.0 Å². The van der Waals surface area contributed by atoms with Crippen LogP contribution in [0.2, 0.25) is 0 Å². The normalized spacial score (nSPS) is 11.0. The van der Waals surface area contributed by atoms with Crippen molar-refractivity contribution in [3.05, 3.63) is 23.8 Å². The number of amides is 1. The van der Waals surface area contributed by atoms with Crippen molar-refractivity contribution in [2.75, 3.05) is 33.9 Å². The Labute approximate surface area is 149 Å². The lowest BCUT2D eigenvalue weighted by Crippen LogP contribution is -2.42. The first-order chi connectivity index (χ1) is 12.2. The minimum Gasteiger partial charge on any atom is -0.497 e. The second-order valence-corrected chi connectivity index (χ2v) is 5.35. The fourth-order valence-corrected chi connectivity index (χ4v) is 2.29. The molecule has 0 aliphatic carbocycles. The minimum absolute atomic E-state index is 0.0217. The van der Waals surface area contributed by atoms with Crippen LogP contribution in [0.25, 0.3) is 0 Å². The smallest absolute Gasteiger partial charge is 0.406 e. The number of halogens is 3. The molecule has 0 atom stereocenters. The fraction of sp³-hybridized carbons (Fsp3) is 0.529. The lowest BCUT2D eigenvalue weighted by atomic mass is 10.1. The topological polar surface area (TPSA) is 65.1 Å². The summed E-state index contributed by atoms with van der Waals surface area (Å²) < 4.78 is 53.0. The number of ether oxygens (including phenoxy) is 3. The standard InChI is InChI=1S/C17H22F3NO5/c1-4-26-16(23)10-21(11-17(18,19)20)15(22)8-5-12-9-13(24-2)6-7-14(12)25-3/h6-7,9H,4-5,8,10-11H2,1-3H3. The van der Waals surface area contributed by atoms with Gasteiger partial charge >= 0.3 is 12.1 Å². The Morgan fingerprint density at radius 3 is 2.38 bits per heavy atom. The van der Waals surface area contributed by atoms with Crippen LogP contribution in [0, 0.1) is 0 Å². The molecule has 0 aromatic heterocycles. The minimum atomic E-state index is -4.62. The van der Waals surface area contributed by atoms with Crippen LogP contribution in [0.15, 0.2) is 18.2 Å². The van der Waals surface area contributed by atoms with E-state index >= 15 is 0 Å². The van der Waals surface area contributed by atoms with Crippen molar-refractivity contribution in [1.29, 1.82) is 0 Å². The van der Waals surface area contributed by atoms with Crippen LogP contribution in [-0.4, -0.2) is 56.9 Å². The molecule has 0 spiro atoms. The number of alkyl halides is 3. The number of carbonyl (C=O) groups excluding carboxylic acids is 2. The number of hydrogen-bond acceptors (Lipinski definition) is 5. The van der Waals surface area contributed by atoms with E-state index < -0.39 is 31.1 Å². The second kappa shape index (κ2) is 9.88. The molecule has 26 heavy (non-hydrogen) atoms. The molecule has 1 aromatic rings. The van der Waals surface area contributed by atoms with Crippen molar-refractivity contribution in [1.82, 2.24) is 4.90 Å². The van der Waals surface area contributed by atoms with Gasteiger partial charge in [-0.25, -0.2) is 0 Å². The number of carbonyl (C=O) groups is 2. The van der Waals surface area contributed by atoms with E-state index in [0.29, 0.717) is 22.0 Å². The summed E-state index contributed by atoms with van der Waals surface area (Å²) in [5.74, 6) is -0.664. The lowest BCUT2D eigenvalue weighted by Gasteiger charge is -2.23. The van der Waals surface area contributed by atoms with E-state index in [1.165, 1.54) is 21.1 Å². The third-order valence-electron chi connectivity index (χ3n) is 3.44. The maximum atomic E-state index is 12.7. The van der Waals surface area contributed by atoms with Gasteiger partial charge in [0.1, 0.15) is 24.6 Å². The SMILES string of the molecule is CCOC(=O)CN(CC(F)(F)F)C(=O)CCc1cc(OC)ccc1OC. The highest BCUT2D eigenvalue weighted by molar-refractivity contribution is 5.82. The summed E-state index contributed by atoms with van der Waals surface area (Å²) in [5.41, 5.74) is 0.614. The second-order valence-electron chi connectivity index (χ2n) is 5.35. The van der Waals surface area contributed by atoms with Crippen molar-refractivity contribution in [3.8, 4) is 11.5 Å². The molecular weight excluding hydrogens is 355 g/mol. The Hall–Kier alpha value is -2.45. The van der Waals surface area contributed by atoms with Crippen LogP contribution in [0.1, 0.15) is 18.9 Å². The van der Waals surface area contributed by atoms with Crippen LogP contribution in [-0.2, 0) is 20.7 Å².